The number of amides is 1. The normalized spacial score (nSPS) is 28.4. The fraction of sp³-hybridized carbons (Fsp3) is 0.857. The van der Waals surface area contributed by atoms with E-state index in [0.29, 0.717) is 18.1 Å². The first kappa shape index (κ1) is 15.7. The van der Waals surface area contributed by atoms with Crippen molar-refractivity contribution in [3.8, 4) is 0 Å². The summed E-state index contributed by atoms with van der Waals surface area (Å²) in [4.78, 5) is 15.1. The molecule has 0 aromatic rings. The number of hydrogen-bond acceptors (Lipinski definition) is 4. The van der Waals surface area contributed by atoms with Crippen molar-refractivity contribution in [3.63, 3.8) is 0 Å². The molecule has 0 aromatic heterocycles. The average Bonchev–Trinajstić information content (AvgIpc) is 2.89. The van der Waals surface area contributed by atoms with Crippen molar-refractivity contribution in [2.75, 3.05) is 26.2 Å². The molecule has 2 aliphatic heterocycles. The molecule has 0 aromatic carbocycles. The van der Waals surface area contributed by atoms with Gasteiger partial charge in [0.05, 0.1) is 17.0 Å². The van der Waals surface area contributed by atoms with E-state index in [9.17, 15) is 4.79 Å². The Bertz CT molecular complexity index is 356. The van der Waals surface area contributed by atoms with Gasteiger partial charge in [-0.15, -0.1) is 0 Å². The van der Waals surface area contributed by atoms with Crippen LogP contribution in [0.5, 0.6) is 0 Å². The van der Waals surface area contributed by atoms with Gasteiger partial charge < -0.3 is 15.8 Å². The third-order valence-electron chi connectivity index (χ3n) is 4.26. The van der Waals surface area contributed by atoms with Gasteiger partial charge in [0.15, 0.2) is 0 Å². The molecular weight excluding hydrogens is 274 g/mol. The predicted octanol–water partition coefficient (Wildman–Crippen LogP) is 0.668. The fourth-order valence-electron chi connectivity index (χ4n) is 3.11. The van der Waals surface area contributed by atoms with Crippen LogP contribution >= 0.6 is 12.2 Å². The highest BCUT2D eigenvalue weighted by molar-refractivity contribution is 7.80. The summed E-state index contributed by atoms with van der Waals surface area (Å²) < 4.78 is 5.59. The van der Waals surface area contributed by atoms with E-state index in [1.807, 2.05) is 0 Å². The number of thiocarbonyl (C=S) groups is 1. The summed E-state index contributed by atoms with van der Waals surface area (Å²) in [5, 5.41) is 3.19. The van der Waals surface area contributed by atoms with Crippen LogP contribution in [0.1, 0.15) is 32.6 Å². The zero-order chi connectivity index (χ0) is 14.5. The minimum absolute atomic E-state index is 0.0367. The maximum Gasteiger partial charge on any atom is 0.226 e. The first-order chi connectivity index (χ1) is 9.60. The van der Waals surface area contributed by atoms with Gasteiger partial charge >= 0.3 is 0 Å². The van der Waals surface area contributed by atoms with E-state index in [2.05, 4.69) is 17.1 Å². The van der Waals surface area contributed by atoms with Crippen LogP contribution < -0.4 is 11.1 Å². The second-order valence-electron chi connectivity index (χ2n) is 5.74. The highest BCUT2D eigenvalue weighted by Gasteiger charge is 2.34. The number of carbonyl (C=O) groups excluding carboxylic acids is 1. The summed E-state index contributed by atoms with van der Waals surface area (Å²) in [7, 11) is 0. The van der Waals surface area contributed by atoms with Gasteiger partial charge in [-0.3, -0.25) is 9.69 Å². The molecule has 3 N–H and O–H groups in total. The molecule has 2 aliphatic rings. The number of likely N-dealkylation sites (tertiary alicyclic amines) is 1. The van der Waals surface area contributed by atoms with E-state index >= 15 is 0 Å². The van der Waals surface area contributed by atoms with Crippen molar-refractivity contribution in [1.29, 1.82) is 0 Å². The Morgan fingerprint density at radius 2 is 2.10 bits per heavy atom. The second-order valence-corrected chi connectivity index (χ2v) is 6.26. The Kier molecular flexibility index (Phi) is 5.74. The Morgan fingerprint density at radius 1 is 1.40 bits per heavy atom. The molecule has 5 nitrogen and oxygen atoms in total. The van der Waals surface area contributed by atoms with Gasteiger partial charge in [-0.25, -0.2) is 0 Å². The van der Waals surface area contributed by atoms with Gasteiger partial charge in [0.25, 0.3) is 0 Å². The van der Waals surface area contributed by atoms with Crippen molar-refractivity contribution < 1.29 is 9.53 Å². The number of hydrogen-bond donors (Lipinski definition) is 2. The molecule has 0 spiro atoms. The number of nitrogens with two attached hydrogens (primary N) is 1. The first-order valence-electron chi connectivity index (χ1n) is 7.52. The smallest absolute Gasteiger partial charge is 0.226 e. The Balaban J connectivity index is 1.75. The van der Waals surface area contributed by atoms with Crippen molar-refractivity contribution in [3.05, 3.63) is 0 Å². The van der Waals surface area contributed by atoms with Crippen LogP contribution in [0.3, 0.4) is 0 Å². The van der Waals surface area contributed by atoms with Crippen LogP contribution in [-0.2, 0) is 9.53 Å². The summed E-state index contributed by atoms with van der Waals surface area (Å²) in [6.07, 6.45) is 3.80. The number of ether oxygens (including phenoxy) is 1. The number of nitrogens with zero attached hydrogens (tertiary/aromatic N) is 1. The summed E-state index contributed by atoms with van der Waals surface area (Å²) in [5.74, 6) is 0.205. The van der Waals surface area contributed by atoms with Crippen LogP contribution in [-0.4, -0.2) is 54.2 Å². The first-order valence-corrected chi connectivity index (χ1v) is 7.93. The molecular formula is C14H25N3O2S. The molecule has 2 atom stereocenters. The topological polar surface area (TPSA) is 67.6 Å². The highest BCUT2D eigenvalue weighted by Crippen LogP contribution is 2.24. The lowest BCUT2D eigenvalue weighted by molar-refractivity contribution is -0.127. The van der Waals surface area contributed by atoms with Gasteiger partial charge in [0.1, 0.15) is 0 Å². The summed E-state index contributed by atoms with van der Waals surface area (Å²) >= 11 is 4.93. The maximum absolute atomic E-state index is 12.3. The van der Waals surface area contributed by atoms with Crippen molar-refractivity contribution in [2.24, 2.45) is 11.7 Å². The highest BCUT2D eigenvalue weighted by atomic mass is 32.1. The largest absolute Gasteiger partial charge is 0.392 e. The van der Waals surface area contributed by atoms with E-state index in [1.165, 1.54) is 0 Å². The standard InChI is InChI=1S/C14H25N3O2S/c1-2-12-11(5-8-19-12)14(18)16-10-3-6-17(7-4-10)9-13(15)20/h10-12H,2-9H2,1H3,(H2,15,20)(H,16,18). The molecule has 1 amide bonds. The molecule has 2 heterocycles. The minimum Gasteiger partial charge on any atom is -0.392 e. The van der Waals surface area contributed by atoms with Gasteiger partial charge in [-0.1, -0.05) is 19.1 Å². The lowest BCUT2D eigenvalue weighted by Gasteiger charge is -2.32. The fourth-order valence-corrected chi connectivity index (χ4v) is 3.30. The molecule has 2 saturated heterocycles. The van der Waals surface area contributed by atoms with E-state index in [-0.39, 0.29) is 24.0 Å². The number of rotatable bonds is 5. The van der Waals surface area contributed by atoms with Crippen LogP contribution in [0, 0.1) is 5.92 Å². The van der Waals surface area contributed by atoms with Gasteiger partial charge in [0, 0.05) is 32.3 Å². The molecule has 20 heavy (non-hydrogen) atoms. The maximum atomic E-state index is 12.3. The van der Waals surface area contributed by atoms with E-state index in [4.69, 9.17) is 22.7 Å². The Morgan fingerprint density at radius 3 is 2.70 bits per heavy atom. The SMILES string of the molecule is CCC1OCCC1C(=O)NC1CCN(CC(N)=S)CC1. The molecule has 0 radical (unpaired) electrons. The van der Waals surface area contributed by atoms with E-state index in [1.54, 1.807) is 0 Å². The number of carbonyl (C=O) groups is 1. The van der Waals surface area contributed by atoms with Gasteiger partial charge in [-0.2, -0.15) is 0 Å². The van der Waals surface area contributed by atoms with Crippen molar-refractivity contribution in [2.45, 2.75) is 44.8 Å². The van der Waals surface area contributed by atoms with Crippen LogP contribution in [0.15, 0.2) is 0 Å². The molecule has 6 heteroatoms. The molecule has 0 aliphatic carbocycles. The van der Waals surface area contributed by atoms with Crippen molar-refractivity contribution in [1.82, 2.24) is 10.2 Å². The molecule has 0 saturated carbocycles. The zero-order valence-electron chi connectivity index (χ0n) is 12.1. The molecule has 2 unspecified atom stereocenters. The van der Waals surface area contributed by atoms with Gasteiger partial charge in [0.2, 0.25) is 5.91 Å². The molecule has 0 bridgehead atoms. The number of nitrogens with one attached hydrogen (secondary N) is 1. The third-order valence-corrected chi connectivity index (χ3v) is 4.39. The Labute approximate surface area is 126 Å². The summed E-state index contributed by atoms with van der Waals surface area (Å²) in [6.45, 7) is 5.36. The van der Waals surface area contributed by atoms with Crippen molar-refractivity contribution >= 4 is 23.1 Å². The lowest BCUT2D eigenvalue weighted by Crippen LogP contribution is -2.48. The van der Waals surface area contributed by atoms with Crippen LogP contribution in [0.4, 0.5) is 0 Å². The lowest BCUT2D eigenvalue weighted by atomic mass is 9.97. The summed E-state index contributed by atoms with van der Waals surface area (Å²) in [6, 6.07) is 0.281. The molecule has 2 fully saturated rings. The Hall–Kier alpha value is -0.720. The average molecular weight is 299 g/mol. The number of piperidine rings is 1. The monoisotopic (exact) mass is 299 g/mol. The quantitative estimate of drug-likeness (QED) is 0.730. The second kappa shape index (κ2) is 7.33. The third kappa shape index (κ3) is 4.14. The van der Waals surface area contributed by atoms with E-state index < -0.39 is 0 Å². The van der Waals surface area contributed by atoms with Crippen LogP contribution in [0.2, 0.25) is 0 Å². The zero-order valence-corrected chi connectivity index (χ0v) is 13.0. The minimum atomic E-state index is 0.0367. The van der Waals surface area contributed by atoms with Gasteiger partial charge in [-0.05, 0) is 25.7 Å². The summed E-state index contributed by atoms with van der Waals surface area (Å²) in [5.41, 5.74) is 5.56. The molecule has 2 rings (SSSR count). The predicted molar refractivity (Wildman–Crippen MR) is 82.5 cm³/mol. The van der Waals surface area contributed by atoms with E-state index in [0.717, 1.165) is 38.8 Å². The van der Waals surface area contributed by atoms with Crippen LogP contribution in [0.25, 0.3) is 0 Å². The molecule has 114 valence electrons.